The Balaban J connectivity index is 2.45. The Labute approximate surface area is 94.0 Å². The van der Waals surface area contributed by atoms with Crippen molar-refractivity contribution in [3.63, 3.8) is 0 Å². The SMILES string of the molecule is CC1=C(N)C(=O)NC=CN1c1ccccc1. The molecule has 0 aromatic heterocycles. The Bertz CT molecular complexity index is 462. The molecule has 1 aliphatic heterocycles. The van der Waals surface area contributed by atoms with E-state index in [-0.39, 0.29) is 11.6 Å². The van der Waals surface area contributed by atoms with Gasteiger partial charge in [-0.1, -0.05) is 18.2 Å². The Morgan fingerprint density at radius 1 is 1.25 bits per heavy atom. The van der Waals surface area contributed by atoms with E-state index >= 15 is 0 Å². The third-order valence-electron chi connectivity index (χ3n) is 2.47. The molecule has 2 rings (SSSR count). The molecule has 0 saturated heterocycles. The van der Waals surface area contributed by atoms with Gasteiger partial charge in [0.2, 0.25) is 0 Å². The summed E-state index contributed by atoms with van der Waals surface area (Å²) in [5.74, 6) is -0.271. The predicted octanol–water partition coefficient (Wildman–Crippen LogP) is 1.28. The van der Waals surface area contributed by atoms with Crippen LogP contribution >= 0.6 is 0 Å². The lowest BCUT2D eigenvalue weighted by Crippen LogP contribution is -2.25. The fourth-order valence-electron chi connectivity index (χ4n) is 1.54. The van der Waals surface area contributed by atoms with Gasteiger partial charge < -0.3 is 16.0 Å². The number of benzene rings is 1. The van der Waals surface area contributed by atoms with Crippen LogP contribution in [0.15, 0.2) is 54.1 Å². The van der Waals surface area contributed by atoms with E-state index in [4.69, 9.17) is 5.73 Å². The van der Waals surface area contributed by atoms with Gasteiger partial charge in [-0.25, -0.2) is 0 Å². The topological polar surface area (TPSA) is 58.4 Å². The first kappa shape index (κ1) is 10.3. The normalized spacial score (nSPS) is 16.1. The minimum absolute atomic E-state index is 0.230. The molecule has 0 fully saturated rings. The molecule has 0 spiro atoms. The van der Waals surface area contributed by atoms with Crippen molar-refractivity contribution >= 4 is 11.6 Å². The minimum atomic E-state index is -0.271. The number of carbonyl (C=O) groups excluding carboxylic acids is 1. The van der Waals surface area contributed by atoms with Gasteiger partial charge in [-0.05, 0) is 19.1 Å². The van der Waals surface area contributed by atoms with Crippen LogP contribution in [0, 0.1) is 0 Å². The quantitative estimate of drug-likeness (QED) is 0.742. The number of hydrogen-bond acceptors (Lipinski definition) is 3. The van der Waals surface area contributed by atoms with E-state index in [1.54, 1.807) is 12.4 Å². The fourth-order valence-corrected chi connectivity index (χ4v) is 1.54. The van der Waals surface area contributed by atoms with Crippen LogP contribution in [0.2, 0.25) is 0 Å². The van der Waals surface area contributed by atoms with Crippen molar-refractivity contribution in [1.82, 2.24) is 5.32 Å². The summed E-state index contributed by atoms with van der Waals surface area (Å²) in [4.78, 5) is 13.3. The Hall–Kier alpha value is -2.23. The van der Waals surface area contributed by atoms with Crippen LogP contribution in [0.4, 0.5) is 5.69 Å². The van der Waals surface area contributed by atoms with Crippen LogP contribution in [-0.2, 0) is 4.79 Å². The Kier molecular flexibility index (Phi) is 2.64. The number of hydrogen-bond donors (Lipinski definition) is 2. The Morgan fingerprint density at radius 2 is 1.94 bits per heavy atom. The van der Waals surface area contributed by atoms with E-state index in [0.29, 0.717) is 0 Å². The maximum atomic E-state index is 11.4. The van der Waals surface area contributed by atoms with Gasteiger partial charge in [-0.3, -0.25) is 4.79 Å². The van der Waals surface area contributed by atoms with Crippen LogP contribution in [0.3, 0.4) is 0 Å². The lowest BCUT2D eigenvalue weighted by molar-refractivity contribution is -0.116. The molecule has 3 N–H and O–H groups in total. The molecule has 1 aromatic carbocycles. The highest BCUT2D eigenvalue weighted by atomic mass is 16.2. The number of para-hydroxylation sites is 1. The van der Waals surface area contributed by atoms with Gasteiger partial charge in [-0.15, -0.1) is 0 Å². The molecule has 1 aromatic rings. The van der Waals surface area contributed by atoms with Crippen molar-refractivity contribution in [1.29, 1.82) is 0 Å². The van der Waals surface area contributed by atoms with E-state index in [2.05, 4.69) is 5.32 Å². The van der Waals surface area contributed by atoms with E-state index in [1.165, 1.54) is 0 Å². The van der Waals surface area contributed by atoms with Crippen LogP contribution in [0.1, 0.15) is 6.92 Å². The van der Waals surface area contributed by atoms with E-state index in [0.717, 1.165) is 11.4 Å². The van der Waals surface area contributed by atoms with Gasteiger partial charge in [0.1, 0.15) is 5.70 Å². The van der Waals surface area contributed by atoms with Crippen LogP contribution in [0.25, 0.3) is 0 Å². The third kappa shape index (κ3) is 1.77. The first-order chi connectivity index (χ1) is 7.70. The smallest absolute Gasteiger partial charge is 0.272 e. The molecule has 0 aliphatic carbocycles. The molecule has 0 radical (unpaired) electrons. The molecule has 4 heteroatoms. The summed E-state index contributed by atoms with van der Waals surface area (Å²) >= 11 is 0. The molecule has 1 heterocycles. The number of allylic oxidation sites excluding steroid dienone is 1. The van der Waals surface area contributed by atoms with Crippen molar-refractivity contribution < 1.29 is 4.79 Å². The summed E-state index contributed by atoms with van der Waals surface area (Å²) in [6.07, 6.45) is 3.36. The van der Waals surface area contributed by atoms with Gasteiger partial charge in [0.15, 0.2) is 0 Å². The number of carbonyl (C=O) groups is 1. The number of rotatable bonds is 1. The van der Waals surface area contributed by atoms with Crippen molar-refractivity contribution in [2.24, 2.45) is 5.73 Å². The highest BCUT2D eigenvalue weighted by Gasteiger charge is 2.16. The average molecular weight is 215 g/mol. The van der Waals surface area contributed by atoms with Crippen molar-refractivity contribution in [3.8, 4) is 0 Å². The molecule has 0 atom stereocenters. The number of nitrogens with one attached hydrogen (secondary N) is 1. The molecular formula is C12H13N3O. The van der Waals surface area contributed by atoms with Gasteiger partial charge in [0.05, 0.1) is 0 Å². The van der Waals surface area contributed by atoms with Crippen molar-refractivity contribution in [2.45, 2.75) is 6.92 Å². The van der Waals surface area contributed by atoms with Gasteiger partial charge >= 0.3 is 0 Å². The highest BCUT2D eigenvalue weighted by Crippen LogP contribution is 2.21. The monoisotopic (exact) mass is 215 g/mol. The number of nitrogens with zero attached hydrogens (tertiary/aromatic N) is 1. The van der Waals surface area contributed by atoms with Crippen LogP contribution < -0.4 is 16.0 Å². The molecule has 4 nitrogen and oxygen atoms in total. The maximum Gasteiger partial charge on any atom is 0.272 e. The van der Waals surface area contributed by atoms with Crippen LogP contribution in [-0.4, -0.2) is 5.91 Å². The third-order valence-corrected chi connectivity index (χ3v) is 2.47. The first-order valence-corrected chi connectivity index (χ1v) is 4.98. The molecule has 82 valence electrons. The summed E-state index contributed by atoms with van der Waals surface area (Å²) in [6, 6.07) is 9.73. The summed E-state index contributed by atoms with van der Waals surface area (Å²) in [5, 5.41) is 2.58. The summed E-state index contributed by atoms with van der Waals surface area (Å²) in [5.41, 5.74) is 7.65. The summed E-state index contributed by atoms with van der Waals surface area (Å²) in [7, 11) is 0. The maximum absolute atomic E-state index is 11.4. The van der Waals surface area contributed by atoms with Gasteiger partial charge in [0.25, 0.3) is 5.91 Å². The minimum Gasteiger partial charge on any atom is -0.393 e. The molecule has 16 heavy (non-hydrogen) atoms. The van der Waals surface area contributed by atoms with Gasteiger partial charge in [-0.2, -0.15) is 0 Å². The molecule has 1 aliphatic rings. The predicted molar refractivity (Wildman–Crippen MR) is 63.1 cm³/mol. The fraction of sp³-hybridized carbons (Fsp3) is 0.0833. The number of nitrogens with two attached hydrogens (primary N) is 1. The summed E-state index contributed by atoms with van der Waals surface area (Å²) < 4.78 is 0. The largest absolute Gasteiger partial charge is 0.393 e. The zero-order valence-electron chi connectivity index (χ0n) is 8.97. The van der Waals surface area contributed by atoms with E-state index in [9.17, 15) is 4.79 Å². The second kappa shape index (κ2) is 4.10. The number of anilines is 1. The molecule has 0 saturated carbocycles. The average Bonchev–Trinajstić information content (AvgIpc) is 2.44. The summed E-state index contributed by atoms with van der Waals surface area (Å²) in [6.45, 7) is 1.82. The zero-order valence-corrected chi connectivity index (χ0v) is 8.97. The molecule has 0 unspecified atom stereocenters. The zero-order chi connectivity index (χ0) is 11.5. The number of amides is 1. The first-order valence-electron chi connectivity index (χ1n) is 4.98. The lowest BCUT2D eigenvalue weighted by atomic mass is 10.2. The molecule has 1 amide bonds. The second-order valence-electron chi connectivity index (χ2n) is 3.49. The van der Waals surface area contributed by atoms with Crippen molar-refractivity contribution in [3.05, 3.63) is 54.1 Å². The second-order valence-corrected chi connectivity index (χ2v) is 3.49. The van der Waals surface area contributed by atoms with E-state index in [1.807, 2.05) is 42.2 Å². The van der Waals surface area contributed by atoms with Gasteiger partial charge in [0, 0.05) is 23.8 Å². The van der Waals surface area contributed by atoms with E-state index < -0.39 is 0 Å². The highest BCUT2D eigenvalue weighted by molar-refractivity contribution is 5.95. The van der Waals surface area contributed by atoms with Crippen LogP contribution in [0.5, 0.6) is 0 Å². The standard InChI is InChI=1S/C12H13N3O/c1-9-11(13)12(16)14-7-8-15(9)10-5-3-2-4-6-10/h2-8H,13H2,1H3,(H,14,16). The molecular weight excluding hydrogens is 202 g/mol. The lowest BCUT2D eigenvalue weighted by Gasteiger charge is -2.20. The molecule has 0 bridgehead atoms. The Morgan fingerprint density at radius 3 is 2.62 bits per heavy atom. The van der Waals surface area contributed by atoms with Crippen molar-refractivity contribution in [2.75, 3.05) is 4.90 Å².